The summed E-state index contributed by atoms with van der Waals surface area (Å²) in [6.45, 7) is 12.0. The van der Waals surface area contributed by atoms with Gasteiger partial charge in [-0.25, -0.2) is 4.79 Å². The lowest BCUT2D eigenvalue weighted by Crippen LogP contribution is -2.38. The first-order valence-corrected chi connectivity index (χ1v) is 11.4. The van der Waals surface area contributed by atoms with Gasteiger partial charge in [0.1, 0.15) is 5.60 Å². The van der Waals surface area contributed by atoms with Gasteiger partial charge in [-0.05, 0) is 33.6 Å². The number of carbonyl (C=O) groups is 1. The number of rotatable bonds is 16. The molecule has 1 amide bonds. The largest absolute Gasteiger partial charge is 0.444 e. The summed E-state index contributed by atoms with van der Waals surface area (Å²) in [5.41, 5.74) is -0.407. The molecule has 0 heterocycles. The number of unbranched alkanes of at least 4 members (excludes halogenated alkanes) is 12. The van der Waals surface area contributed by atoms with Crippen LogP contribution in [0, 0.1) is 0 Å². The summed E-state index contributed by atoms with van der Waals surface area (Å²) in [4.78, 5) is 14.4. The van der Waals surface area contributed by atoms with Crippen molar-refractivity contribution in [3.05, 3.63) is 0 Å². The molecule has 0 N–H and O–H groups in total. The van der Waals surface area contributed by atoms with Gasteiger partial charge >= 0.3 is 6.09 Å². The van der Waals surface area contributed by atoms with Crippen LogP contribution >= 0.6 is 0 Å². The maximum absolute atomic E-state index is 12.5. The molecule has 3 heteroatoms. The molecule has 0 spiro atoms. The Bertz CT molecular complexity index is 305. The monoisotopic (exact) mass is 369 g/mol. The Morgan fingerprint density at radius 1 is 0.654 bits per heavy atom. The van der Waals surface area contributed by atoms with Gasteiger partial charge in [-0.1, -0.05) is 90.9 Å². The van der Waals surface area contributed by atoms with E-state index >= 15 is 0 Å². The van der Waals surface area contributed by atoms with E-state index in [4.69, 9.17) is 4.74 Å². The quantitative estimate of drug-likeness (QED) is 0.260. The first-order chi connectivity index (χ1) is 12.4. The molecule has 0 fully saturated rings. The van der Waals surface area contributed by atoms with Gasteiger partial charge in [-0.2, -0.15) is 0 Å². The molecule has 0 atom stereocenters. The minimum atomic E-state index is -0.407. The van der Waals surface area contributed by atoms with Crippen LogP contribution in [-0.2, 0) is 4.74 Å². The van der Waals surface area contributed by atoms with E-state index in [1.807, 2.05) is 25.7 Å². The maximum Gasteiger partial charge on any atom is 0.410 e. The van der Waals surface area contributed by atoms with Crippen molar-refractivity contribution in [2.45, 2.75) is 130 Å². The number of ether oxygens (including phenoxy) is 1. The summed E-state index contributed by atoms with van der Waals surface area (Å²) in [7, 11) is 0. The van der Waals surface area contributed by atoms with Crippen LogP contribution in [-0.4, -0.2) is 29.7 Å². The number of carbonyl (C=O) groups excluding carboxylic acids is 1. The molecule has 0 unspecified atom stereocenters. The van der Waals surface area contributed by atoms with E-state index in [9.17, 15) is 4.79 Å². The Hall–Kier alpha value is -0.730. The van der Waals surface area contributed by atoms with Crippen molar-refractivity contribution in [1.29, 1.82) is 0 Å². The second kappa shape index (κ2) is 16.4. The third-order valence-electron chi connectivity index (χ3n) is 4.71. The second-order valence-corrected chi connectivity index (χ2v) is 8.71. The molecule has 0 aliphatic rings. The van der Waals surface area contributed by atoms with E-state index in [0.29, 0.717) is 0 Å². The fourth-order valence-corrected chi connectivity index (χ4v) is 3.14. The molecule has 0 aliphatic heterocycles. The van der Waals surface area contributed by atoms with Gasteiger partial charge in [0, 0.05) is 13.1 Å². The van der Waals surface area contributed by atoms with Crippen LogP contribution in [0.2, 0.25) is 0 Å². The average Bonchev–Trinajstić information content (AvgIpc) is 2.56. The second-order valence-electron chi connectivity index (χ2n) is 8.71. The number of amides is 1. The maximum atomic E-state index is 12.5. The SMILES string of the molecule is CCCCCCCCCN(CCCCCCCCC)C(=O)OC(C)(C)C. The van der Waals surface area contributed by atoms with Crippen LogP contribution in [0.5, 0.6) is 0 Å². The van der Waals surface area contributed by atoms with Crippen LogP contribution in [0.15, 0.2) is 0 Å². The van der Waals surface area contributed by atoms with Crippen molar-refractivity contribution in [1.82, 2.24) is 4.90 Å². The predicted octanol–water partition coefficient (Wildman–Crippen LogP) is 7.72. The third-order valence-corrected chi connectivity index (χ3v) is 4.71. The standard InChI is InChI=1S/C23H47NO2/c1-6-8-10-12-14-16-18-20-24(22(25)26-23(3,4)5)21-19-17-15-13-11-9-7-2/h6-21H2,1-5H3. The van der Waals surface area contributed by atoms with Crippen molar-refractivity contribution in [2.24, 2.45) is 0 Å². The molecule has 0 aromatic heterocycles. The Labute approximate surface area is 164 Å². The van der Waals surface area contributed by atoms with Gasteiger partial charge in [-0.15, -0.1) is 0 Å². The van der Waals surface area contributed by atoms with Crippen molar-refractivity contribution < 1.29 is 9.53 Å². The van der Waals surface area contributed by atoms with Gasteiger partial charge < -0.3 is 9.64 Å². The van der Waals surface area contributed by atoms with Crippen LogP contribution in [0.3, 0.4) is 0 Å². The summed E-state index contributed by atoms with van der Waals surface area (Å²) < 4.78 is 5.61. The lowest BCUT2D eigenvalue weighted by atomic mass is 10.1. The molecule has 0 aromatic carbocycles. The molecular weight excluding hydrogens is 322 g/mol. The van der Waals surface area contributed by atoms with Crippen LogP contribution in [0.25, 0.3) is 0 Å². The molecule has 0 rings (SSSR count). The highest BCUT2D eigenvalue weighted by molar-refractivity contribution is 5.68. The Morgan fingerprint density at radius 2 is 1.00 bits per heavy atom. The average molecular weight is 370 g/mol. The molecule has 0 saturated carbocycles. The zero-order chi connectivity index (χ0) is 19.7. The molecule has 156 valence electrons. The first-order valence-electron chi connectivity index (χ1n) is 11.4. The summed E-state index contributed by atoms with van der Waals surface area (Å²) in [6, 6.07) is 0. The molecule has 0 radical (unpaired) electrons. The minimum absolute atomic E-state index is 0.130. The van der Waals surface area contributed by atoms with Crippen molar-refractivity contribution in [2.75, 3.05) is 13.1 Å². The zero-order valence-electron chi connectivity index (χ0n) is 18.6. The molecule has 0 aliphatic carbocycles. The summed E-state index contributed by atoms with van der Waals surface area (Å²) in [5.74, 6) is 0. The smallest absolute Gasteiger partial charge is 0.410 e. The molecular formula is C23H47NO2. The van der Waals surface area contributed by atoms with E-state index in [1.54, 1.807) is 0 Å². The predicted molar refractivity (Wildman–Crippen MR) is 114 cm³/mol. The van der Waals surface area contributed by atoms with Gasteiger partial charge in [0.05, 0.1) is 0 Å². The van der Waals surface area contributed by atoms with E-state index in [2.05, 4.69) is 13.8 Å². The number of hydrogen-bond acceptors (Lipinski definition) is 2. The Kier molecular flexibility index (Phi) is 16.0. The fraction of sp³-hybridized carbons (Fsp3) is 0.957. The van der Waals surface area contributed by atoms with Crippen LogP contribution in [0.4, 0.5) is 4.79 Å². The molecule has 0 bridgehead atoms. The number of nitrogens with zero attached hydrogens (tertiary/aromatic N) is 1. The van der Waals surface area contributed by atoms with Gasteiger partial charge in [-0.3, -0.25) is 0 Å². The van der Waals surface area contributed by atoms with E-state index in [-0.39, 0.29) is 6.09 Å². The topological polar surface area (TPSA) is 29.5 Å². The molecule has 0 saturated heterocycles. The van der Waals surface area contributed by atoms with Crippen molar-refractivity contribution in [3.63, 3.8) is 0 Å². The lowest BCUT2D eigenvalue weighted by Gasteiger charge is -2.27. The van der Waals surface area contributed by atoms with E-state index in [0.717, 1.165) is 25.9 Å². The highest BCUT2D eigenvalue weighted by Gasteiger charge is 2.21. The van der Waals surface area contributed by atoms with E-state index < -0.39 is 5.60 Å². The van der Waals surface area contributed by atoms with Crippen molar-refractivity contribution in [3.8, 4) is 0 Å². The molecule has 26 heavy (non-hydrogen) atoms. The third kappa shape index (κ3) is 16.7. The lowest BCUT2D eigenvalue weighted by molar-refractivity contribution is 0.0243. The van der Waals surface area contributed by atoms with Gasteiger partial charge in [0.15, 0.2) is 0 Å². The van der Waals surface area contributed by atoms with E-state index in [1.165, 1.54) is 77.0 Å². The van der Waals surface area contributed by atoms with Crippen molar-refractivity contribution >= 4 is 6.09 Å². The summed E-state index contributed by atoms with van der Waals surface area (Å²) in [6.07, 6.45) is 17.8. The number of hydrogen-bond donors (Lipinski definition) is 0. The summed E-state index contributed by atoms with van der Waals surface area (Å²) in [5, 5.41) is 0. The van der Waals surface area contributed by atoms with Crippen LogP contribution < -0.4 is 0 Å². The molecule has 0 aromatic rings. The van der Waals surface area contributed by atoms with Gasteiger partial charge in [0.25, 0.3) is 0 Å². The fourth-order valence-electron chi connectivity index (χ4n) is 3.14. The Morgan fingerprint density at radius 3 is 1.35 bits per heavy atom. The Balaban J connectivity index is 4.07. The zero-order valence-corrected chi connectivity index (χ0v) is 18.6. The summed E-state index contributed by atoms with van der Waals surface area (Å²) >= 11 is 0. The minimum Gasteiger partial charge on any atom is -0.444 e. The van der Waals surface area contributed by atoms with Gasteiger partial charge in [0.2, 0.25) is 0 Å². The first kappa shape index (κ1) is 25.3. The normalized spacial score (nSPS) is 11.6. The highest BCUT2D eigenvalue weighted by Crippen LogP contribution is 2.14. The molecule has 3 nitrogen and oxygen atoms in total. The van der Waals surface area contributed by atoms with Crippen LogP contribution in [0.1, 0.15) is 125 Å². The highest BCUT2D eigenvalue weighted by atomic mass is 16.6.